The summed E-state index contributed by atoms with van der Waals surface area (Å²) in [6, 6.07) is 9.98. The molecule has 2 aromatic carbocycles. The van der Waals surface area contributed by atoms with Crippen molar-refractivity contribution in [1.82, 2.24) is 15.0 Å². The second-order valence-electron chi connectivity index (χ2n) is 7.70. The number of benzene rings is 2. The average molecular weight is 471 g/mol. The van der Waals surface area contributed by atoms with Gasteiger partial charge >= 0.3 is 6.01 Å². The molecule has 1 aromatic heterocycles. The maximum atomic E-state index is 5.63. The van der Waals surface area contributed by atoms with Gasteiger partial charge in [-0.2, -0.15) is 4.98 Å². The second kappa shape index (κ2) is 10.5. The van der Waals surface area contributed by atoms with E-state index >= 15 is 0 Å². The van der Waals surface area contributed by atoms with Crippen molar-refractivity contribution in [3.63, 3.8) is 0 Å². The SMILES string of the molecule is COc1cccc(-c2noc(N3CCN(Cc4ccc(OC)c(OC)c4OC)CC3)n2)c1OC. The molecule has 34 heavy (non-hydrogen) atoms. The lowest BCUT2D eigenvalue weighted by Crippen LogP contribution is -2.46. The minimum absolute atomic E-state index is 0.461. The van der Waals surface area contributed by atoms with Gasteiger partial charge in [0.1, 0.15) is 0 Å². The van der Waals surface area contributed by atoms with Crippen LogP contribution in [-0.4, -0.2) is 76.8 Å². The number of piperazine rings is 1. The number of hydrogen-bond donors (Lipinski definition) is 0. The number of para-hydroxylation sites is 1. The molecule has 1 aliphatic heterocycles. The Balaban J connectivity index is 1.44. The van der Waals surface area contributed by atoms with Crippen LogP contribution in [0, 0.1) is 0 Å². The lowest BCUT2D eigenvalue weighted by Gasteiger charge is -2.33. The second-order valence-corrected chi connectivity index (χ2v) is 7.70. The van der Waals surface area contributed by atoms with Gasteiger partial charge in [-0.3, -0.25) is 4.90 Å². The Bertz CT molecular complexity index is 1110. The van der Waals surface area contributed by atoms with E-state index in [2.05, 4.69) is 19.9 Å². The zero-order valence-electron chi connectivity index (χ0n) is 20.2. The summed E-state index contributed by atoms with van der Waals surface area (Å²) < 4.78 is 33.0. The molecule has 4 rings (SSSR count). The highest BCUT2D eigenvalue weighted by atomic mass is 16.5. The van der Waals surface area contributed by atoms with Crippen LogP contribution in [0.3, 0.4) is 0 Å². The van der Waals surface area contributed by atoms with Crippen LogP contribution in [0.4, 0.5) is 6.01 Å². The van der Waals surface area contributed by atoms with Crippen molar-refractivity contribution >= 4 is 6.01 Å². The molecule has 0 unspecified atom stereocenters. The maximum Gasteiger partial charge on any atom is 0.324 e. The van der Waals surface area contributed by atoms with Crippen LogP contribution < -0.4 is 28.6 Å². The first-order chi connectivity index (χ1) is 16.6. The van der Waals surface area contributed by atoms with Crippen LogP contribution >= 0.6 is 0 Å². The summed E-state index contributed by atoms with van der Waals surface area (Å²) in [5.41, 5.74) is 1.76. The fourth-order valence-electron chi connectivity index (χ4n) is 4.14. The topological polar surface area (TPSA) is 91.6 Å². The van der Waals surface area contributed by atoms with Crippen molar-refractivity contribution < 1.29 is 28.2 Å². The van der Waals surface area contributed by atoms with E-state index in [0.29, 0.717) is 40.6 Å². The highest BCUT2D eigenvalue weighted by Crippen LogP contribution is 2.40. The lowest BCUT2D eigenvalue weighted by atomic mass is 10.1. The predicted molar refractivity (Wildman–Crippen MR) is 126 cm³/mol. The average Bonchev–Trinajstić information content (AvgIpc) is 3.38. The first kappa shape index (κ1) is 23.5. The van der Waals surface area contributed by atoms with E-state index in [1.54, 1.807) is 35.5 Å². The molecule has 0 bridgehead atoms. The van der Waals surface area contributed by atoms with Gasteiger partial charge in [-0.25, -0.2) is 0 Å². The number of methoxy groups -OCH3 is 5. The van der Waals surface area contributed by atoms with Crippen LogP contribution in [0.2, 0.25) is 0 Å². The minimum Gasteiger partial charge on any atom is -0.493 e. The first-order valence-electron chi connectivity index (χ1n) is 10.9. The smallest absolute Gasteiger partial charge is 0.324 e. The van der Waals surface area contributed by atoms with E-state index < -0.39 is 0 Å². The summed E-state index contributed by atoms with van der Waals surface area (Å²) >= 11 is 0. The molecule has 182 valence electrons. The predicted octanol–water partition coefficient (Wildman–Crippen LogP) is 3.10. The number of hydrogen-bond acceptors (Lipinski definition) is 10. The normalized spacial score (nSPS) is 14.1. The monoisotopic (exact) mass is 470 g/mol. The largest absolute Gasteiger partial charge is 0.493 e. The molecule has 10 heteroatoms. The summed E-state index contributed by atoms with van der Waals surface area (Å²) in [7, 11) is 8.06. The Kier molecular flexibility index (Phi) is 7.27. The van der Waals surface area contributed by atoms with Gasteiger partial charge < -0.3 is 33.1 Å². The summed E-state index contributed by atoms with van der Waals surface area (Å²) in [5, 5.41) is 4.17. The Hall–Kier alpha value is -3.66. The van der Waals surface area contributed by atoms with Crippen LogP contribution in [0.15, 0.2) is 34.9 Å². The maximum absolute atomic E-state index is 5.63. The molecule has 1 aliphatic rings. The molecule has 0 radical (unpaired) electrons. The highest BCUT2D eigenvalue weighted by molar-refractivity contribution is 5.69. The Labute approximate surface area is 198 Å². The van der Waals surface area contributed by atoms with Gasteiger partial charge in [0.15, 0.2) is 23.0 Å². The van der Waals surface area contributed by atoms with Crippen molar-refractivity contribution in [1.29, 1.82) is 0 Å². The molecular weight excluding hydrogens is 440 g/mol. The van der Waals surface area contributed by atoms with E-state index in [9.17, 15) is 0 Å². The van der Waals surface area contributed by atoms with Crippen LogP contribution in [0.5, 0.6) is 28.7 Å². The number of rotatable bonds is 9. The molecular formula is C24H30N4O6. The summed E-state index contributed by atoms with van der Waals surface area (Å²) in [6.45, 7) is 3.90. The molecule has 0 N–H and O–H groups in total. The molecule has 0 aliphatic carbocycles. The third-order valence-corrected chi connectivity index (χ3v) is 5.88. The molecule has 10 nitrogen and oxygen atoms in total. The zero-order chi connectivity index (χ0) is 24.1. The molecule has 0 saturated carbocycles. The Morgan fingerprint density at radius 3 is 2.09 bits per heavy atom. The molecule has 1 fully saturated rings. The van der Waals surface area contributed by atoms with E-state index in [-0.39, 0.29) is 0 Å². The van der Waals surface area contributed by atoms with E-state index in [1.165, 1.54) is 0 Å². The van der Waals surface area contributed by atoms with Gasteiger partial charge in [0, 0.05) is 38.3 Å². The quantitative estimate of drug-likeness (QED) is 0.464. The third kappa shape index (κ3) is 4.54. The summed E-state index contributed by atoms with van der Waals surface area (Å²) in [6.07, 6.45) is 0. The van der Waals surface area contributed by atoms with Gasteiger partial charge in [-0.05, 0) is 18.2 Å². The van der Waals surface area contributed by atoms with Crippen molar-refractivity contribution in [2.24, 2.45) is 0 Å². The van der Waals surface area contributed by atoms with E-state index in [0.717, 1.165) is 43.9 Å². The molecule has 0 atom stereocenters. The first-order valence-corrected chi connectivity index (χ1v) is 10.9. The molecule has 0 spiro atoms. The highest BCUT2D eigenvalue weighted by Gasteiger charge is 2.25. The third-order valence-electron chi connectivity index (χ3n) is 5.88. The van der Waals surface area contributed by atoms with Crippen molar-refractivity contribution in [3.8, 4) is 40.1 Å². The van der Waals surface area contributed by atoms with Crippen LogP contribution in [0.25, 0.3) is 11.4 Å². The minimum atomic E-state index is 0.461. The Morgan fingerprint density at radius 2 is 1.44 bits per heavy atom. The number of anilines is 1. The van der Waals surface area contributed by atoms with Crippen LogP contribution in [0.1, 0.15) is 5.56 Å². The van der Waals surface area contributed by atoms with Gasteiger partial charge in [0.25, 0.3) is 0 Å². The van der Waals surface area contributed by atoms with Gasteiger partial charge in [0.05, 0.1) is 41.1 Å². The molecule has 0 amide bonds. The van der Waals surface area contributed by atoms with E-state index in [1.807, 2.05) is 30.3 Å². The lowest BCUT2D eigenvalue weighted by molar-refractivity contribution is 0.237. The molecule has 2 heterocycles. The fraction of sp³-hybridized carbons (Fsp3) is 0.417. The van der Waals surface area contributed by atoms with Gasteiger partial charge in [-0.1, -0.05) is 17.3 Å². The van der Waals surface area contributed by atoms with Crippen molar-refractivity contribution in [3.05, 3.63) is 35.9 Å². The molecule has 1 saturated heterocycles. The molecule has 3 aromatic rings. The standard InChI is InChI=1S/C24H30N4O6/c1-29-18-8-6-7-17(21(18)32-4)23-25-24(34-26-23)28-13-11-27(12-14-28)15-16-9-10-19(30-2)22(33-5)20(16)31-3/h6-10H,11-15H2,1-5H3. The van der Waals surface area contributed by atoms with Crippen LogP contribution in [-0.2, 0) is 6.54 Å². The van der Waals surface area contributed by atoms with Crippen molar-refractivity contribution in [2.75, 3.05) is 66.6 Å². The summed E-state index contributed by atoms with van der Waals surface area (Å²) in [5.74, 6) is 3.60. The van der Waals surface area contributed by atoms with Crippen molar-refractivity contribution in [2.45, 2.75) is 6.54 Å². The van der Waals surface area contributed by atoms with Gasteiger partial charge in [-0.15, -0.1) is 0 Å². The fourth-order valence-corrected chi connectivity index (χ4v) is 4.14. The number of aromatic nitrogens is 2. The number of ether oxygens (including phenoxy) is 5. The summed E-state index contributed by atoms with van der Waals surface area (Å²) in [4.78, 5) is 9.05. The van der Waals surface area contributed by atoms with E-state index in [4.69, 9.17) is 28.2 Å². The number of nitrogens with zero attached hydrogens (tertiary/aromatic N) is 4. The zero-order valence-corrected chi connectivity index (χ0v) is 20.2. The Morgan fingerprint density at radius 1 is 0.765 bits per heavy atom. The van der Waals surface area contributed by atoms with Gasteiger partial charge in [0.2, 0.25) is 11.6 Å².